The van der Waals surface area contributed by atoms with E-state index in [1.165, 1.54) is 18.2 Å². The molecule has 3 rings (SSSR count). The second-order valence-electron chi connectivity index (χ2n) is 7.02. The maximum Gasteiger partial charge on any atom is 0.273 e. The van der Waals surface area contributed by atoms with E-state index in [1.54, 1.807) is 49.4 Å². The zero-order valence-electron chi connectivity index (χ0n) is 17.3. The second kappa shape index (κ2) is 9.80. The Balaban J connectivity index is 1.63. The number of hydrogen-bond acceptors (Lipinski definition) is 5. The van der Waals surface area contributed by atoms with Gasteiger partial charge in [0, 0.05) is 34.1 Å². The third kappa shape index (κ3) is 5.52. The van der Waals surface area contributed by atoms with Crippen molar-refractivity contribution in [2.45, 2.75) is 13.8 Å². The fourth-order valence-corrected chi connectivity index (χ4v) is 3.16. The Morgan fingerprint density at radius 1 is 0.844 bits per heavy atom. The molecule has 0 aromatic heterocycles. The van der Waals surface area contributed by atoms with E-state index in [0.29, 0.717) is 22.5 Å². The molecule has 0 aliphatic carbocycles. The number of benzene rings is 3. The van der Waals surface area contributed by atoms with Gasteiger partial charge < -0.3 is 10.6 Å². The Morgan fingerprint density at radius 3 is 2.22 bits per heavy atom. The molecule has 162 valence electrons. The van der Waals surface area contributed by atoms with Gasteiger partial charge in [0.2, 0.25) is 0 Å². The van der Waals surface area contributed by atoms with Gasteiger partial charge >= 0.3 is 0 Å². The number of nitro benzene ring substituents is 1. The van der Waals surface area contributed by atoms with E-state index in [-0.39, 0.29) is 22.3 Å². The van der Waals surface area contributed by atoms with E-state index >= 15 is 0 Å². The molecule has 0 radical (unpaired) electrons. The lowest BCUT2D eigenvalue weighted by atomic mass is 10.1. The molecule has 0 spiro atoms. The Kier molecular flexibility index (Phi) is 6.91. The van der Waals surface area contributed by atoms with Crippen LogP contribution < -0.4 is 16.0 Å². The number of thiocarbonyl (C=S) groups is 1. The molecule has 0 aliphatic rings. The zero-order chi connectivity index (χ0) is 23.3. The van der Waals surface area contributed by atoms with E-state index in [2.05, 4.69) is 16.0 Å². The van der Waals surface area contributed by atoms with Gasteiger partial charge in [-0.2, -0.15) is 0 Å². The summed E-state index contributed by atoms with van der Waals surface area (Å²) < 4.78 is 0. The van der Waals surface area contributed by atoms with E-state index in [0.717, 1.165) is 5.56 Å². The predicted octanol–water partition coefficient (Wildman–Crippen LogP) is 4.59. The number of nitro groups is 1. The molecule has 0 saturated carbocycles. The Hall–Kier alpha value is -4.11. The van der Waals surface area contributed by atoms with Gasteiger partial charge in [0.05, 0.1) is 4.92 Å². The molecule has 3 aromatic carbocycles. The Morgan fingerprint density at radius 2 is 1.56 bits per heavy atom. The highest BCUT2D eigenvalue weighted by molar-refractivity contribution is 7.80. The van der Waals surface area contributed by atoms with Crippen LogP contribution in [0.2, 0.25) is 0 Å². The number of nitrogens with zero attached hydrogens (tertiary/aromatic N) is 1. The van der Waals surface area contributed by atoms with Gasteiger partial charge in [-0.1, -0.05) is 24.3 Å². The topological polar surface area (TPSA) is 113 Å². The van der Waals surface area contributed by atoms with E-state index in [9.17, 15) is 19.7 Å². The van der Waals surface area contributed by atoms with Gasteiger partial charge in [-0.15, -0.1) is 0 Å². The highest BCUT2D eigenvalue weighted by Gasteiger charge is 2.16. The van der Waals surface area contributed by atoms with E-state index < -0.39 is 10.8 Å². The van der Waals surface area contributed by atoms with Crippen LogP contribution >= 0.6 is 12.2 Å². The zero-order valence-corrected chi connectivity index (χ0v) is 18.2. The maximum atomic E-state index is 12.4. The van der Waals surface area contributed by atoms with Gasteiger partial charge in [-0.3, -0.25) is 25.0 Å². The van der Waals surface area contributed by atoms with Crippen molar-refractivity contribution in [3.63, 3.8) is 0 Å². The molecular formula is C23H20N4O4S. The van der Waals surface area contributed by atoms with Crippen molar-refractivity contribution in [1.82, 2.24) is 5.32 Å². The molecule has 32 heavy (non-hydrogen) atoms. The lowest BCUT2D eigenvalue weighted by Gasteiger charge is -2.13. The van der Waals surface area contributed by atoms with Crippen LogP contribution in [0.5, 0.6) is 0 Å². The second-order valence-corrected chi connectivity index (χ2v) is 7.42. The molecule has 9 heteroatoms. The molecular weight excluding hydrogens is 428 g/mol. The molecule has 0 atom stereocenters. The first-order valence-corrected chi connectivity index (χ1v) is 10.00. The van der Waals surface area contributed by atoms with Crippen molar-refractivity contribution in [3.05, 3.63) is 99.1 Å². The number of carbonyl (C=O) groups excluding carboxylic acids is 2. The highest BCUT2D eigenvalue weighted by Crippen LogP contribution is 2.21. The molecule has 8 nitrogen and oxygen atoms in total. The van der Waals surface area contributed by atoms with Gasteiger partial charge in [0.25, 0.3) is 17.5 Å². The van der Waals surface area contributed by atoms with E-state index in [4.69, 9.17) is 12.2 Å². The molecule has 0 fully saturated rings. The molecule has 0 bridgehead atoms. The van der Waals surface area contributed by atoms with Crippen LogP contribution in [0.4, 0.5) is 17.1 Å². The minimum Gasteiger partial charge on any atom is -0.332 e. The van der Waals surface area contributed by atoms with Crippen molar-refractivity contribution >= 4 is 46.2 Å². The normalized spacial score (nSPS) is 10.2. The summed E-state index contributed by atoms with van der Waals surface area (Å²) in [5.74, 6) is -0.779. The van der Waals surface area contributed by atoms with Crippen LogP contribution in [0.15, 0.2) is 66.7 Å². The van der Waals surface area contributed by atoms with Crippen molar-refractivity contribution < 1.29 is 14.5 Å². The molecule has 3 N–H and O–H groups in total. The summed E-state index contributed by atoms with van der Waals surface area (Å²) in [6.07, 6.45) is 0. The standard InChI is InChI=1S/C23H20N4O4S/c1-14-8-9-17(13-20(14)27(30)31)22(29)26-23(32)24-18-10-11-19(15(2)12-18)25-21(28)16-6-4-3-5-7-16/h3-13H,1-2H3,(H,25,28)(H2,24,26,29,32). The first-order chi connectivity index (χ1) is 15.2. The Labute approximate surface area is 189 Å². The van der Waals surface area contributed by atoms with Crippen LogP contribution in [0.25, 0.3) is 0 Å². The molecule has 0 saturated heterocycles. The number of rotatable bonds is 5. The summed E-state index contributed by atoms with van der Waals surface area (Å²) in [5, 5.41) is 19.4. The summed E-state index contributed by atoms with van der Waals surface area (Å²) in [4.78, 5) is 35.3. The van der Waals surface area contributed by atoms with Crippen molar-refractivity contribution in [2.75, 3.05) is 10.6 Å². The first kappa shape index (κ1) is 22.6. The smallest absolute Gasteiger partial charge is 0.273 e. The van der Waals surface area contributed by atoms with Crippen LogP contribution in [0.3, 0.4) is 0 Å². The maximum absolute atomic E-state index is 12.4. The van der Waals surface area contributed by atoms with Gasteiger partial charge in [-0.25, -0.2) is 0 Å². The Bertz CT molecular complexity index is 1210. The SMILES string of the molecule is Cc1cc(NC(=S)NC(=O)c2ccc(C)c([N+](=O)[O-])c2)ccc1NC(=O)c1ccccc1. The van der Waals surface area contributed by atoms with Crippen LogP contribution in [-0.4, -0.2) is 21.9 Å². The molecule has 0 heterocycles. The van der Waals surface area contributed by atoms with Gasteiger partial charge in [-0.05, 0) is 68.0 Å². The summed E-state index contributed by atoms with van der Waals surface area (Å²) in [6, 6.07) is 18.3. The average molecular weight is 449 g/mol. The first-order valence-electron chi connectivity index (χ1n) is 9.59. The van der Waals surface area contributed by atoms with Crippen molar-refractivity contribution in [2.24, 2.45) is 0 Å². The molecule has 0 aliphatic heterocycles. The minimum atomic E-state index is -0.561. The lowest BCUT2D eigenvalue weighted by molar-refractivity contribution is -0.385. The van der Waals surface area contributed by atoms with Crippen LogP contribution in [0, 0.1) is 24.0 Å². The van der Waals surface area contributed by atoms with Crippen molar-refractivity contribution in [3.8, 4) is 0 Å². The third-order valence-electron chi connectivity index (χ3n) is 4.66. The monoisotopic (exact) mass is 448 g/mol. The summed E-state index contributed by atoms with van der Waals surface area (Å²) in [5.41, 5.74) is 3.05. The van der Waals surface area contributed by atoms with Crippen LogP contribution in [-0.2, 0) is 0 Å². The summed E-state index contributed by atoms with van der Waals surface area (Å²) in [6.45, 7) is 3.43. The number of hydrogen-bond donors (Lipinski definition) is 3. The van der Waals surface area contributed by atoms with E-state index in [1.807, 2.05) is 13.0 Å². The number of anilines is 2. The van der Waals surface area contributed by atoms with Crippen LogP contribution in [0.1, 0.15) is 31.8 Å². The lowest BCUT2D eigenvalue weighted by Crippen LogP contribution is -2.34. The van der Waals surface area contributed by atoms with Gasteiger partial charge in [0.1, 0.15) is 0 Å². The highest BCUT2D eigenvalue weighted by atomic mass is 32.1. The minimum absolute atomic E-state index is 0.0405. The molecule has 3 aromatic rings. The van der Waals surface area contributed by atoms with Crippen molar-refractivity contribution in [1.29, 1.82) is 0 Å². The number of carbonyl (C=O) groups is 2. The summed E-state index contributed by atoms with van der Waals surface area (Å²) in [7, 11) is 0. The quantitative estimate of drug-likeness (QED) is 0.299. The predicted molar refractivity (Wildman–Crippen MR) is 127 cm³/mol. The summed E-state index contributed by atoms with van der Waals surface area (Å²) >= 11 is 5.19. The molecule has 0 unspecified atom stereocenters. The van der Waals surface area contributed by atoms with Gasteiger partial charge in [0.15, 0.2) is 5.11 Å². The molecule has 2 amide bonds. The fourth-order valence-electron chi connectivity index (χ4n) is 2.95. The number of nitrogens with one attached hydrogen (secondary N) is 3. The number of amides is 2. The third-order valence-corrected chi connectivity index (χ3v) is 4.87. The average Bonchev–Trinajstić information content (AvgIpc) is 2.76. The fraction of sp³-hybridized carbons (Fsp3) is 0.0870. The largest absolute Gasteiger partial charge is 0.332 e. The number of aryl methyl sites for hydroxylation is 2.